The van der Waals surface area contributed by atoms with Gasteiger partial charge >= 0.3 is 0 Å². The van der Waals surface area contributed by atoms with Crippen molar-refractivity contribution >= 4 is 0 Å². The van der Waals surface area contributed by atoms with Gasteiger partial charge in [0.05, 0.1) is 0 Å². The summed E-state index contributed by atoms with van der Waals surface area (Å²) in [6.45, 7) is 3.30. The molecule has 2 nitrogen and oxygen atoms in total. The predicted octanol–water partition coefficient (Wildman–Crippen LogP) is 2.79. The van der Waals surface area contributed by atoms with Gasteiger partial charge in [0.1, 0.15) is 0 Å². The van der Waals surface area contributed by atoms with E-state index in [1.54, 1.807) is 0 Å². The van der Waals surface area contributed by atoms with Crippen molar-refractivity contribution in [3.05, 3.63) is 30.1 Å². The molecule has 1 aromatic heterocycles. The van der Waals surface area contributed by atoms with E-state index in [1.807, 2.05) is 12.4 Å². The molecule has 1 heterocycles. The molecule has 0 radical (unpaired) electrons. The third-order valence-corrected chi connectivity index (χ3v) is 3.62. The lowest BCUT2D eigenvalue weighted by molar-refractivity contribution is 0.264. The quantitative estimate of drug-likeness (QED) is 0.840. The van der Waals surface area contributed by atoms with Crippen molar-refractivity contribution in [1.29, 1.82) is 0 Å². The number of aromatic nitrogens is 1. The molecule has 0 aromatic carbocycles. The maximum absolute atomic E-state index is 4.08. The predicted molar refractivity (Wildman–Crippen MR) is 67.4 cm³/mol. The van der Waals surface area contributed by atoms with Crippen molar-refractivity contribution < 1.29 is 0 Å². The van der Waals surface area contributed by atoms with Crippen molar-refractivity contribution in [2.45, 2.75) is 45.1 Å². The van der Waals surface area contributed by atoms with Crippen LogP contribution in [0.15, 0.2) is 24.5 Å². The average Bonchev–Trinajstić information content (AvgIpc) is 2.33. The summed E-state index contributed by atoms with van der Waals surface area (Å²) in [4.78, 5) is 4.08. The molecule has 0 aliphatic heterocycles. The van der Waals surface area contributed by atoms with E-state index in [4.69, 9.17) is 0 Å². The maximum Gasteiger partial charge on any atom is 0.0270 e. The summed E-state index contributed by atoms with van der Waals surface area (Å²) in [6.07, 6.45) is 10.5. The van der Waals surface area contributed by atoms with Crippen LogP contribution >= 0.6 is 0 Å². The molecular weight excluding hydrogens is 196 g/mol. The van der Waals surface area contributed by atoms with Gasteiger partial charge in [-0.05, 0) is 49.4 Å². The van der Waals surface area contributed by atoms with E-state index in [9.17, 15) is 0 Å². The van der Waals surface area contributed by atoms with Crippen LogP contribution in [0.3, 0.4) is 0 Å². The third-order valence-electron chi connectivity index (χ3n) is 3.62. The number of hydrogen-bond donors (Lipinski definition) is 1. The fourth-order valence-corrected chi connectivity index (χ4v) is 2.80. The monoisotopic (exact) mass is 218 g/mol. The lowest BCUT2D eigenvalue weighted by Gasteiger charge is -2.32. The Morgan fingerprint density at radius 1 is 1.25 bits per heavy atom. The molecule has 2 unspecified atom stereocenters. The van der Waals surface area contributed by atoms with Crippen molar-refractivity contribution in [1.82, 2.24) is 10.3 Å². The van der Waals surface area contributed by atoms with E-state index in [-0.39, 0.29) is 0 Å². The summed E-state index contributed by atoms with van der Waals surface area (Å²) in [5, 5.41) is 3.64. The van der Waals surface area contributed by atoms with Crippen molar-refractivity contribution in [2.24, 2.45) is 5.92 Å². The van der Waals surface area contributed by atoms with E-state index < -0.39 is 0 Å². The van der Waals surface area contributed by atoms with Crippen molar-refractivity contribution in [3.63, 3.8) is 0 Å². The fourth-order valence-electron chi connectivity index (χ4n) is 2.80. The number of rotatable bonds is 4. The zero-order valence-corrected chi connectivity index (χ0v) is 10.2. The summed E-state index contributed by atoms with van der Waals surface area (Å²) in [7, 11) is 0. The molecule has 1 N–H and O–H groups in total. The van der Waals surface area contributed by atoms with Crippen molar-refractivity contribution in [2.75, 3.05) is 6.54 Å². The van der Waals surface area contributed by atoms with E-state index in [2.05, 4.69) is 29.4 Å². The third kappa shape index (κ3) is 3.05. The maximum atomic E-state index is 4.08. The second kappa shape index (κ2) is 6.00. The molecule has 1 aromatic rings. The topological polar surface area (TPSA) is 24.9 Å². The highest BCUT2D eigenvalue weighted by Crippen LogP contribution is 2.27. The normalized spacial score (nSPS) is 25.6. The molecule has 0 amide bonds. The molecule has 1 aliphatic carbocycles. The number of pyridine rings is 1. The second-order valence-corrected chi connectivity index (χ2v) is 4.77. The van der Waals surface area contributed by atoms with Gasteiger partial charge in [0.25, 0.3) is 0 Å². The molecule has 0 spiro atoms. The first-order chi connectivity index (χ1) is 7.90. The lowest BCUT2D eigenvalue weighted by atomic mass is 9.81. The molecule has 16 heavy (non-hydrogen) atoms. The Morgan fingerprint density at radius 2 is 2.00 bits per heavy atom. The molecular formula is C14H22N2. The van der Waals surface area contributed by atoms with Crippen LogP contribution < -0.4 is 5.32 Å². The highest BCUT2D eigenvalue weighted by atomic mass is 14.9. The van der Waals surface area contributed by atoms with Gasteiger partial charge in [0.15, 0.2) is 0 Å². The minimum atomic E-state index is 0.729. The molecule has 0 bridgehead atoms. The molecule has 2 atom stereocenters. The molecule has 88 valence electrons. The van der Waals surface area contributed by atoms with Crippen LogP contribution in [0.4, 0.5) is 0 Å². The number of nitrogens with one attached hydrogen (secondary N) is 1. The lowest BCUT2D eigenvalue weighted by Crippen LogP contribution is -2.39. The summed E-state index contributed by atoms with van der Waals surface area (Å²) in [5.41, 5.74) is 1.44. The Morgan fingerprint density at radius 3 is 2.75 bits per heavy atom. The van der Waals surface area contributed by atoms with Gasteiger partial charge in [0.2, 0.25) is 0 Å². The van der Waals surface area contributed by atoms with Crippen LogP contribution in [0.5, 0.6) is 0 Å². The minimum Gasteiger partial charge on any atom is -0.314 e. The van der Waals surface area contributed by atoms with Gasteiger partial charge in [-0.15, -0.1) is 0 Å². The van der Waals surface area contributed by atoms with E-state index in [1.165, 1.54) is 37.7 Å². The van der Waals surface area contributed by atoms with Gasteiger partial charge < -0.3 is 5.32 Å². The van der Waals surface area contributed by atoms with E-state index >= 15 is 0 Å². The van der Waals surface area contributed by atoms with E-state index in [0.717, 1.165) is 18.5 Å². The average molecular weight is 218 g/mol. The Balaban J connectivity index is 1.96. The summed E-state index contributed by atoms with van der Waals surface area (Å²) in [6, 6.07) is 5.03. The highest BCUT2D eigenvalue weighted by molar-refractivity contribution is 5.11. The summed E-state index contributed by atoms with van der Waals surface area (Å²) in [5.74, 6) is 0.816. The molecule has 2 heteroatoms. The summed E-state index contributed by atoms with van der Waals surface area (Å²) < 4.78 is 0. The Kier molecular flexibility index (Phi) is 4.34. The first-order valence-electron chi connectivity index (χ1n) is 6.52. The van der Waals surface area contributed by atoms with Crippen LogP contribution in [0.2, 0.25) is 0 Å². The molecule has 1 fully saturated rings. The zero-order chi connectivity index (χ0) is 11.2. The van der Waals surface area contributed by atoms with Crippen LogP contribution in [-0.2, 0) is 6.42 Å². The fraction of sp³-hybridized carbons (Fsp3) is 0.643. The minimum absolute atomic E-state index is 0.729. The van der Waals surface area contributed by atoms with Gasteiger partial charge in [-0.3, -0.25) is 4.98 Å². The van der Waals surface area contributed by atoms with Crippen LogP contribution in [0.1, 0.15) is 38.2 Å². The smallest absolute Gasteiger partial charge is 0.0270 e. The molecule has 0 saturated heterocycles. The van der Waals surface area contributed by atoms with Crippen molar-refractivity contribution in [3.8, 4) is 0 Å². The van der Waals surface area contributed by atoms with Crippen LogP contribution in [-0.4, -0.2) is 17.6 Å². The molecule has 2 rings (SSSR count). The summed E-state index contributed by atoms with van der Waals surface area (Å²) >= 11 is 0. The van der Waals surface area contributed by atoms with Gasteiger partial charge in [-0.1, -0.05) is 19.8 Å². The van der Waals surface area contributed by atoms with Gasteiger partial charge in [-0.2, -0.15) is 0 Å². The first kappa shape index (κ1) is 11.6. The zero-order valence-electron chi connectivity index (χ0n) is 10.2. The van der Waals surface area contributed by atoms with Gasteiger partial charge in [0, 0.05) is 18.4 Å². The van der Waals surface area contributed by atoms with E-state index in [0.29, 0.717) is 0 Å². The van der Waals surface area contributed by atoms with Gasteiger partial charge in [-0.25, -0.2) is 0 Å². The Labute approximate surface area is 98.5 Å². The number of nitrogens with zero attached hydrogens (tertiary/aromatic N) is 1. The Bertz CT molecular complexity index is 295. The van der Waals surface area contributed by atoms with Crippen LogP contribution in [0, 0.1) is 5.92 Å². The second-order valence-electron chi connectivity index (χ2n) is 4.77. The largest absolute Gasteiger partial charge is 0.314 e. The Hall–Kier alpha value is -0.890. The molecule has 1 saturated carbocycles. The number of hydrogen-bond acceptors (Lipinski definition) is 2. The highest BCUT2D eigenvalue weighted by Gasteiger charge is 2.24. The SMILES string of the molecule is CCNC1CCCCC1Cc1ccncc1. The molecule has 1 aliphatic rings. The standard InChI is InChI=1S/C14H22N2/c1-2-16-14-6-4-3-5-13(14)11-12-7-9-15-10-8-12/h7-10,13-14,16H,2-6,11H2,1H3. The van der Waals surface area contributed by atoms with Crippen LogP contribution in [0.25, 0.3) is 0 Å². The first-order valence-corrected chi connectivity index (χ1v) is 6.52.